The minimum atomic E-state index is 1.16. The fraction of sp³-hybridized carbons (Fsp3) is 0.636. The first-order valence-corrected chi connectivity index (χ1v) is 5.00. The first-order chi connectivity index (χ1) is 5.93. The van der Waals surface area contributed by atoms with Crippen LogP contribution >= 0.6 is 0 Å². The molecule has 0 aliphatic carbocycles. The number of hydrogen-bond donors (Lipinski definition) is 0. The predicted octanol–water partition coefficient (Wildman–Crippen LogP) is 3.52. The third-order valence-corrected chi connectivity index (χ3v) is 2.15. The Morgan fingerprint density at radius 3 is 2.67 bits per heavy atom. The summed E-state index contributed by atoms with van der Waals surface area (Å²) in [4.78, 5) is 4.23. The van der Waals surface area contributed by atoms with Gasteiger partial charge in [0, 0.05) is 6.21 Å². The van der Waals surface area contributed by atoms with Crippen molar-refractivity contribution in [1.29, 1.82) is 0 Å². The second-order valence-corrected chi connectivity index (χ2v) is 3.29. The van der Waals surface area contributed by atoms with Gasteiger partial charge in [0.15, 0.2) is 0 Å². The van der Waals surface area contributed by atoms with E-state index >= 15 is 0 Å². The number of unbranched alkanes of at least 4 members (excludes halogenated alkanes) is 4. The average Bonchev–Trinajstić information content (AvgIpc) is 2.57. The highest BCUT2D eigenvalue weighted by Crippen LogP contribution is 2.18. The van der Waals surface area contributed by atoms with Crippen molar-refractivity contribution in [3.05, 3.63) is 18.2 Å². The molecule has 0 saturated heterocycles. The molecule has 0 saturated carbocycles. The summed E-state index contributed by atoms with van der Waals surface area (Å²) in [6.45, 7) is 2.25. The first-order valence-electron chi connectivity index (χ1n) is 5.00. The zero-order chi connectivity index (χ0) is 8.65. The summed E-state index contributed by atoms with van der Waals surface area (Å²) in [7, 11) is 0. The molecule has 0 atom stereocenters. The van der Waals surface area contributed by atoms with E-state index in [9.17, 15) is 0 Å². The molecular weight excluding hydrogens is 146 g/mol. The standard InChI is InChI=1S/C11H18N/c1-2-3-4-5-6-8-11-9-7-10-12-11/h7,9-10H,2-6,8H2,1H3. The molecule has 1 nitrogen and oxygen atoms in total. The lowest BCUT2D eigenvalue weighted by molar-refractivity contribution is 0.618. The Kier molecular flexibility index (Phi) is 4.74. The highest BCUT2D eigenvalue weighted by atomic mass is 14.8. The summed E-state index contributed by atoms with van der Waals surface area (Å²) in [6, 6.07) is 1.26. The number of aliphatic imine (C=N–C) groups is 1. The van der Waals surface area contributed by atoms with Crippen LogP contribution in [0.1, 0.15) is 45.4 Å². The van der Waals surface area contributed by atoms with E-state index in [0.29, 0.717) is 0 Å². The van der Waals surface area contributed by atoms with Gasteiger partial charge in [-0.3, -0.25) is 4.99 Å². The Labute approximate surface area is 75.6 Å². The van der Waals surface area contributed by atoms with Crippen LogP contribution in [0.15, 0.2) is 17.1 Å². The summed E-state index contributed by atoms with van der Waals surface area (Å²) in [6.07, 6.45) is 13.9. The summed E-state index contributed by atoms with van der Waals surface area (Å²) >= 11 is 0. The van der Waals surface area contributed by atoms with E-state index in [1.165, 1.54) is 38.1 Å². The third kappa shape index (κ3) is 3.70. The van der Waals surface area contributed by atoms with E-state index in [1.54, 1.807) is 0 Å². The SMILES string of the molecule is CCCCCCC[C]1C=CC=N1. The van der Waals surface area contributed by atoms with Gasteiger partial charge in [0.05, 0.1) is 0 Å². The van der Waals surface area contributed by atoms with Gasteiger partial charge in [0.1, 0.15) is 6.04 Å². The summed E-state index contributed by atoms with van der Waals surface area (Å²) < 4.78 is 0. The molecule has 0 unspecified atom stereocenters. The Morgan fingerprint density at radius 1 is 1.17 bits per heavy atom. The van der Waals surface area contributed by atoms with Gasteiger partial charge in [-0.1, -0.05) is 45.1 Å². The molecule has 12 heavy (non-hydrogen) atoms. The van der Waals surface area contributed by atoms with Crippen molar-refractivity contribution in [2.75, 3.05) is 0 Å². The van der Waals surface area contributed by atoms with E-state index in [0.717, 1.165) is 6.42 Å². The maximum Gasteiger partial charge on any atom is 0.108 e. The Morgan fingerprint density at radius 2 is 2.00 bits per heavy atom. The van der Waals surface area contributed by atoms with Crippen LogP contribution in [0.3, 0.4) is 0 Å². The maximum absolute atomic E-state index is 4.23. The van der Waals surface area contributed by atoms with E-state index in [2.05, 4.69) is 18.0 Å². The third-order valence-electron chi connectivity index (χ3n) is 2.15. The quantitative estimate of drug-likeness (QED) is 0.533. The lowest BCUT2D eigenvalue weighted by Crippen LogP contribution is -1.86. The lowest BCUT2D eigenvalue weighted by atomic mass is 10.1. The van der Waals surface area contributed by atoms with E-state index < -0.39 is 0 Å². The second kappa shape index (κ2) is 5.99. The van der Waals surface area contributed by atoms with Crippen LogP contribution in [0.5, 0.6) is 0 Å². The van der Waals surface area contributed by atoms with Gasteiger partial charge < -0.3 is 0 Å². The van der Waals surface area contributed by atoms with Gasteiger partial charge in [-0.2, -0.15) is 0 Å². The minimum Gasteiger partial charge on any atom is -0.279 e. The molecule has 1 radical (unpaired) electrons. The van der Waals surface area contributed by atoms with E-state index in [1.807, 2.05) is 12.3 Å². The molecule has 0 fully saturated rings. The maximum atomic E-state index is 4.23. The van der Waals surface area contributed by atoms with Gasteiger partial charge in [-0.25, -0.2) is 0 Å². The largest absolute Gasteiger partial charge is 0.279 e. The molecule has 1 aliphatic rings. The van der Waals surface area contributed by atoms with Crippen molar-refractivity contribution in [1.82, 2.24) is 0 Å². The first kappa shape index (κ1) is 9.50. The number of nitrogens with zero attached hydrogens (tertiary/aromatic N) is 1. The molecule has 1 heteroatoms. The molecule has 1 aliphatic heterocycles. The molecule has 0 amide bonds. The molecule has 0 aromatic heterocycles. The zero-order valence-corrected chi connectivity index (χ0v) is 7.92. The van der Waals surface area contributed by atoms with Crippen LogP contribution in [0.25, 0.3) is 0 Å². The number of allylic oxidation sites excluding steroid dienone is 1. The Balaban J connectivity index is 1.89. The highest BCUT2D eigenvalue weighted by molar-refractivity contribution is 5.75. The zero-order valence-electron chi connectivity index (χ0n) is 7.92. The second-order valence-electron chi connectivity index (χ2n) is 3.29. The molecule has 1 heterocycles. The molecule has 0 bridgehead atoms. The summed E-state index contributed by atoms with van der Waals surface area (Å²) in [5.74, 6) is 0. The van der Waals surface area contributed by atoms with Crippen LogP contribution in [0, 0.1) is 6.04 Å². The van der Waals surface area contributed by atoms with Gasteiger partial charge in [-0.05, 0) is 12.5 Å². The fourth-order valence-corrected chi connectivity index (χ4v) is 1.39. The number of rotatable bonds is 6. The van der Waals surface area contributed by atoms with Crippen LogP contribution in [0.4, 0.5) is 0 Å². The van der Waals surface area contributed by atoms with Crippen molar-refractivity contribution in [2.45, 2.75) is 45.4 Å². The molecule has 67 valence electrons. The van der Waals surface area contributed by atoms with E-state index in [4.69, 9.17) is 0 Å². The topological polar surface area (TPSA) is 12.4 Å². The Bertz CT molecular complexity index is 146. The Hall–Kier alpha value is -0.590. The van der Waals surface area contributed by atoms with Gasteiger partial charge >= 0.3 is 0 Å². The van der Waals surface area contributed by atoms with Crippen LogP contribution in [0.2, 0.25) is 0 Å². The van der Waals surface area contributed by atoms with Gasteiger partial charge in [0.2, 0.25) is 0 Å². The molecule has 0 aromatic rings. The van der Waals surface area contributed by atoms with Crippen molar-refractivity contribution in [2.24, 2.45) is 4.99 Å². The molecule has 0 N–H and O–H groups in total. The predicted molar refractivity (Wildman–Crippen MR) is 54.3 cm³/mol. The smallest absolute Gasteiger partial charge is 0.108 e. The highest BCUT2D eigenvalue weighted by Gasteiger charge is 2.04. The van der Waals surface area contributed by atoms with Crippen LogP contribution < -0.4 is 0 Å². The van der Waals surface area contributed by atoms with Crippen LogP contribution in [-0.2, 0) is 0 Å². The van der Waals surface area contributed by atoms with Crippen molar-refractivity contribution in [3.8, 4) is 0 Å². The lowest BCUT2D eigenvalue weighted by Gasteiger charge is -2.02. The molecule has 1 rings (SSSR count). The van der Waals surface area contributed by atoms with Crippen molar-refractivity contribution >= 4 is 6.21 Å². The summed E-state index contributed by atoms with van der Waals surface area (Å²) in [5, 5.41) is 0. The minimum absolute atomic E-state index is 1.16. The normalized spacial score (nSPS) is 16.1. The van der Waals surface area contributed by atoms with E-state index in [-0.39, 0.29) is 0 Å². The molecular formula is C11H18N. The molecule has 0 aromatic carbocycles. The molecule has 0 spiro atoms. The summed E-state index contributed by atoms with van der Waals surface area (Å²) in [5.41, 5.74) is 0. The van der Waals surface area contributed by atoms with Gasteiger partial charge in [-0.15, -0.1) is 0 Å². The van der Waals surface area contributed by atoms with Gasteiger partial charge in [0.25, 0.3) is 0 Å². The average molecular weight is 164 g/mol. The number of hydrogen-bond acceptors (Lipinski definition) is 1. The van der Waals surface area contributed by atoms with Crippen molar-refractivity contribution in [3.63, 3.8) is 0 Å². The van der Waals surface area contributed by atoms with Crippen molar-refractivity contribution < 1.29 is 0 Å². The fourth-order valence-electron chi connectivity index (χ4n) is 1.39. The van der Waals surface area contributed by atoms with Crippen LogP contribution in [-0.4, -0.2) is 6.21 Å². The monoisotopic (exact) mass is 164 g/mol.